The minimum atomic E-state index is -3.68. The lowest BCUT2D eigenvalue weighted by Gasteiger charge is -2.37. The fourth-order valence-electron chi connectivity index (χ4n) is 3.18. The number of likely N-dealkylation sites (tertiary alicyclic amines) is 1. The molecule has 9 heteroatoms. The van der Waals surface area contributed by atoms with Crippen LogP contribution >= 0.6 is 0 Å². The van der Waals surface area contributed by atoms with Crippen LogP contribution in [0.25, 0.3) is 0 Å². The predicted molar refractivity (Wildman–Crippen MR) is 93.3 cm³/mol. The average molecular weight is 384 g/mol. The molecule has 8 nitrogen and oxygen atoms in total. The van der Waals surface area contributed by atoms with Crippen LogP contribution in [-0.4, -0.2) is 71.6 Å². The van der Waals surface area contributed by atoms with E-state index in [2.05, 4.69) is 4.72 Å². The first-order valence-electron chi connectivity index (χ1n) is 8.62. The SMILES string of the molecule is COCCNS(=O)(=O)c1cccc(C(=O)N2CCC3(CC2)OCCO3)c1. The van der Waals surface area contributed by atoms with Crippen LogP contribution in [0.5, 0.6) is 0 Å². The van der Waals surface area contributed by atoms with Crippen LogP contribution in [0, 0.1) is 0 Å². The minimum Gasteiger partial charge on any atom is -0.383 e. The molecular weight excluding hydrogens is 360 g/mol. The van der Waals surface area contributed by atoms with Gasteiger partial charge in [0.05, 0.1) is 24.7 Å². The number of hydrogen-bond donors (Lipinski definition) is 1. The van der Waals surface area contributed by atoms with Crippen LogP contribution in [0.1, 0.15) is 23.2 Å². The number of carbonyl (C=O) groups is 1. The molecule has 2 aliphatic rings. The molecule has 3 rings (SSSR count). The standard InChI is InChI=1S/C17H24N2O6S/c1-23-10-7-18-26(21,22)15-4-2-3-14(13-15)16(20)19-8-5-17(6-9-19)24-11-12-25-17/h2-4,13,18H,5-12H2,1H3. The zero-order valence-corrected chi connectivity index (χ0v) is 15.6. The van der Waals surface area contributed by atoms with Crippen LogP contribution in [-0.2, 0) is 24.2 Å². The van der Waals surface area contributed by atoms with E-state index in [4.69, 9.17) is 14.2 Å². The number of nitrogens with zero attached hydrogens (tertiary/aromatic N) is 1. The Labute approximate surface area is 153 Å². The summed E-state index contributed by atoms with van der Waals surface area (Å²) in [7, 11) is -2.18. The third kappa shape index (κ3) is 4.24. The van der Waals surface area contributed by atoms with Gasteiger partial charge in [0.1, 0.15) is 0 Å². The molecule has 1 aromatic rings. The van der Waals surface area contributed by atoms with E-state index in [0.717, 1.165) is 0 Å². The molecule has 2 aliphatic heterocycles. The second-order valence-electron chi connectivity index (χ2n) is 6.32. The number of amides is 1. The van der Waals surface area contributed by atoms with Gasteiger partial charge in [-0.3, -0.25) is 4.79 Å². The van der Waals surface area contributed by atoms with Crippen molar-refractivity contribution in [2.45, 2.75) is 23.5 Å². The fourth-order valence-corrected chi connectivity index (χ4v) is 4.24. The van der Waals surface area contributed by atoms with Gasteiger partial charge >= 0.3 is 0 Å². The molecule has 1 amide bonds. The molecule has 1 spiro atoms. The van der Waals surface area contributed by atoms with Crippen molar-refractivity contribution in [2.75, 3.05) is 46.6 Å². The predicted octanol–water partition coefficient (Wildman–Crippen LogP) is 0.590. The Bertz CT molecular complexity index is 735. The van der Waals surface area contributed by atoms with E-state index in [0.29, 0.717) is 44.7 Å². The molecule has 2 heterocycles. The molecule has 2 saturated heterocycles. The minimum absolute atomic E-state index is 0.0652. The number of nitrogens with one attached hydrogen (secondary N) is 1. The molecule has 1 aromatic carbocycles. The quantitative estimate of drug-likeness (QED) is 0.722. The highest BCUT2D eigenvalue weighted by Gasteiger charge is 2.40. The second kappa shape index (κ2) is 8.01. The van der Waals surface area contributed by atoms with Gasteiger partial charge in [-0.05, 0) is 18.2 Å². The Morgan fingerprint density at radius 2 is 1.96 bits per heavy atom. The summed E-state index contributed by atoms with van der Waals surface area (Å²) in [6.45, 7) is 2.65. The third-order valence-electron chi connectivity index (χ3n) is 4.62. The molecule has 0 aliphatic carbocycles. The number of rotatable bonds is 6. The molecule has 1 N–H and O–H groups in total. The van der Waals surface area contributed by atoms with Crippen LogP contribution in [0.2, 0.25) is 0 Å². The van der Waals surface area contributed by atoms with Crippen molar-refractivity contribution in [3.05, 3.63) is 29.8 Å². The van der Waals surface area contributed by atoms with E-state index in [1.807, 2.05) is 0 Å². The Kier molecular flexibility index (Phi) is 5.93. The van der Waals surface area contributed by atoms with Gasteiger partial charge in [0.25, 0.3) is 5.91 Å². The Hall–Kier alpha value is -1.52. The van der Waals surface area contributed by atoms with Gasteiger partial charge in [0.15, 0.2) is 5.79 Å². The number of piperidine rings is 1. The van der Waals surface area contributed by atoms with Crippen LogP contribution in [0.4, 0.5) is 0 Å². The number of hydrogen-bond acceptors (Lipinski definition) is 6. The van der Waals surface area contributed by atoms with E-state index in [-0.39, 0.29) is 24.0 Å². The van der Waals surface area contributed by atoms with E-state index >= 15 is 0 Å². The summed E-state index contributed by atoms with van der Waals surface area (Å²) < 4.78 is 43.2. The van der Waals surface area contributed by atoms with Crippen LogP contribution in [0.15, 0.2) is 29.2 Å². The van der Waals surface area contributed by atoms with E-state index in [9.17, 15) is 13.2 Å². The van der Waals surface area contributed by atoms with Crippen molar-refractivity contribution in [3.8, 4) is 0 Å². The lowest BCUT2D eigenvalue weighted by Crippen LogP contribution is -2.47. The zero-order chi connectivity index (χ0) is 18.6. The van der Waals surface area contributed by atoms with Crippen molar-refractivity contribution in [1.29, 1.82) is 0 Å². The summed E-state index contributed by atoms with van der Waals surface area (Å²) in [4.78, 5) is 14.5. The van der Waals surface area contributed by atoms with Crippen LogP contribution in [0.3, 0.4) is 0 Å². The molecular formula is C17H24N2O6S. The van der Waals surface area contributed by atoms with Gasteiger partial charge in [-0.25, -0.2) is 13.1 Å². The smallest absolute Gasteiger partial charge is 0.253 e. The first kappa shape index (κ1) is 19.2. The Morgan fingerprint density at radius 3 is 2.62 bits per heavy atom. The highest BCUT2D eigenvalue weighted by molar-refractivity contribution is 7.89. The maximum Gasteiger partial charge on any atom is 0.253 e. The molecule has 2 fully saturated rings. The average Bonchev–Trinajstić information content (AvgIpc) is 3.10. The molecule has 0 atom stereocenters. The van der Waals surface area contributed by atoms with Crippen molar-refractivity contribution < 1.29 is 27.4 Å². The number of benzene rings is 1. The summed E-state index contributed by atoms with van der Waals surface area (Å²) in [6, 6.07) is 6.08. The van der Waals surface area contributed by atoms with Crippen LogP contribution < -0.4 is 4.72 Å². The molecule has 144 valence electrons. The van der Waals surface area contributed by atoms with Crippen molar-refractivity contribution in [2.24, 2.45) is 0 Å². The van der Waals surface area contributed by atoms with E-state index < -0.39 is 15.8 Å². The number of ether oxygens (including phenoxy) is 3. The molecule has 26 heavy (non-hydrogen) atoms. The highest BCUT2D eigenvalue weighted by Crippen LogP contribution is 2.31. The first-order chi connectivity index (χ1) is 12.5. The summed E-state index contributed by atoms with van der Waals surface area (Å²) in [5.74, 6) is -0.737. The topological polar surface area (TPSA) is 94.2 Å². The van der Waals surface area contributed by atoms with E-state index in [1.165, 1.54) is 19.2 Å². The van der Waals surface area contributed by atoms with Crippen molar-refractivity contribution >= 4 is 15.9 Å². The van der Waals surface area contributed by atoms with Gasteiger partial charge in [-0.15, -0.1) is 0 Å². The number of carbonyl (C=O) groups excluding carboxylic acids is 1. The maximum absolute atomic E-state index is 12.8. The second-order valence-corrected chi connectivity index (χ2v) is 8.09. The van der Waals surface area contributed by atoms with E-state index in [1.54, 1.807) is 17.0 Å². The van der Waals surface area contributed by atoms with Gasteiger partial charge in [0, 0.05) is 45.1 Å². The maximum atomic E-state index is 12.8. The fraction of sp³-hybridized carbons (Fsp3) is 0.588. The number of sulfonamides is 1. The summed E-state index contributed by atoms with van der Waals surface area (Å²) in [5.41, 5.74) is 0.351. The molecule has 0 bridgehead atoms. The lowest BCUT2D eigenvalue weighted by atomic mass is 10.0. The van der Waals surface area contributed by atoms with Gasteiger partial charge in [0.2, 0.25) is 10.0 Å². The normalized spacial score (nSPS) is 19.8. The molecule has 0 unspecified atom stereocenters. The molecule has 0 aromatic heterocycles. The largest absolute Gasteiger partial charge is 0.383 e. The Balaban J connectivity index is 1.67. The zero-order valence-electron chi connectivity index (χ0n) is 14.8. The third-order valence-corrected chi connectivity index (χ3v) is 6.07. The van der Waals surface area contributed by atoms with Gasteiger partial charge < -0.3 is 19.1 Å². The summed E-state index contributed by atoms with van der Waals surface area (Å²) in [5, 5.41) is 0. The van der Waals surface area contributed by atoms with Gasteiger partial charge in [-0.1, -0.05) is 6.07 Å². The van der Waals surface area contributed by atoms with Crippen molar-refractivity contribution in [3.63, 3.8) is 0 Å². The summed E-state index contributed by atoms with van der Waals surface area (Å²) in [6.07, 6.45) is 1.24. The number of methoxy groups -OCH3 is 1. The highest BCUT2D eigenvalue weighted by atomic mass is 32.2. The monoisotopic (exact) mass is 384 g/mol. The lowest BCUT2D eigenvalue weighted by molar-refractivity contribution is -0.181. The molecule has 0 radical (unpaired) electrons. The summed E-state index contributed by atoms with van der Waals surface area (Å²) >= 11 is 0. The molecule has 0 saturated carbocycles. The van der Waals surface area contributed by atoms with Crippen molar-refractivity contribution in [1.82, 2.24) is 9.62 Å². The Morgan fingerprint density at radius 1 is 1.27 bits per heavy atom. The van der Waals surface area contributed by atoms with Gasteiger partial charge in [-0.2, -0.15) is 0 Å². The first-order valence-corrected chi connectivity index (χ1v) is 10.1.